The van der Waals surface area contributed by atoms with E-state index in [0.29, 0.717) is 23.9 Å². The number of hydrogen-bond acceptors (Lipinski definition) is 7. The highest BCUT2D eigenvalue weighted by Gasteiger charge is 2.48. The second-order valence-electron chi connectivity index (χ2n) is 6.19. The van der Waals surface area contributed by atoms with E-state index < -0.39 is 0 Å². The second kappa shape index (κ2) is 6.01. The van der Waals surface area contributed by atoms with Crippen LogP contribution < -0.4 is 15.5 Å². The molecule has 0 aromatic carbocycles. The molecule has 2 unspecified atom stereocenters. The molecule has 2 atom stereocenters. The second-order valence-corrected chi connectivity index (χ2v) is 6.19. The highest BCUT2D eigenvalue weighted by Crippen LogP contribution is 2.43. The van der Waals surface area contributed by atoms with Crippen molar-refractivity contribution >= 4 is 17.8 Å². The van der Waals surface area contributed by atoms with Crippen LogP contribution in [0.5, 0.6) is 0 Å². The zero-order chi connectivity index (χ0) is 15.6. The van der Waals surface area contributed by atoms with Gasteiger partial charge in [-0.05, 0) is 13.3 Å². The summed E-state index contributed by atoms with van der Waals surface area (Å²) in [6.45, 7) is 7.19. The molecule has 118 valence electrons. The molecular weight excluding hydrogens is 268 g/mol. The first-order valence-electron chi connectivity index (χ1n) is 7.35. The van der Waals surface area contributed by atoms with Gasteiger partial charge in [-0.15, -0.1) is 0 Å². The minimum atomic E-state index is 0.0675. The Balaban J connectivity index is 2.16. The van der Waals surface area contributed by atoms with Crippen molar-refractivity contribution in [3.8, 4) is 0 Å². The number of methoxy groups -OCH3 is 1. The van der Waals surface area contributed by atoms with Crippen LogP contribution in [0.15, 0.2) is 0 Å². The molecule has 1 saturated carbocycles. The maximum absolute atomic E-state index is 5.48. The minimum absolute atomic E-state index is 0.0675. The summed E-state index contributed by atoms with van der Waals surface area (Å²) in [5.74, 6) is 1.85. The molecule has 21 heavy (non-hydrogen) atoms. The number of anilines is 3. The van der Waals surface area contributed by atoms with Gasteiger partial charge in [0, 0.05) is 39.2 Å². The van der Waals surface area contributed by atoms with Gasteiger partial charge in [0.2, 0.25) is 17.8 Å². The summed E-state index contributed by atoms with van der Waals surface area (Å²) in [6.07, 6.45) is 1.24. The van der Waals surface area contributed by atoms with Gasteiger partial charge in [0.25, 0.3) is 0 Å². The lowest BCUT2D eigenvalue weighted by molar-refractivity contribution is -0.0796. The van der Waals surface area contributed by atoms with Gasteiger partial charge in [0.05, 0.1) is 6.10 Å². The molecule has 2 N–H and O–H groups in total. The van der Waals surface area contributed by atoms with E-state index in [4.69, 9.17) is 4.74 Å². The molecule has 0 saturated heterocycles. The Hall–Kier alpha value is -1.63. The molecule has 0 amide bonds. The summed E-state index contributed by atoms with van der Waals surface area (Å²) in [6, 6.07) is 0.300. The van der Waals surface area contributed by atoms with Gasteiger partial charge in [0.1, 0.15) is 0 Å². The van der Waals surface area contributed by atoms with Gasteiger partial charge in [-0.2, -0.15) is 15.0 Å². The molecule has 7 nitrogen and oxygen atoms in total. The monoisotopic (exact) mass is 294 g/mol. The third-order valence-electron chi connectivity index (χ3n) is 4.12. The fraction of sp³-hybridized carbons (Fsp3) is 0.786. The van der Waals surface area contributed by atoms with E-state index >= 15 is 0 Å². The van der Waals surface area contributed by atoms with Crippen LogP contribution in [0.2, 0.25) is 0 Å². The summed E-state index contributed by atoms with van der Waals surface area (Å²) >= 11 is 0. The molecule has 1 aliphatic carbocycles. The molecule has 0 aliphatic heterocycles. The number of hydrogen-bond donors (Lipinski definition) is 2. The zero-order valence-electron chi connectivity index (χ0n) is 13.8. The van der Waals surface area contributed by atoms with Gasteiger partial charge < -0.3 is 20.3 Å². The van der Waals surface area contributed by atoms with Gasteiger partial charge in [-0.1, -0.05) is 13.8 Å². The third-order valence-corrected chi connectivity index (χ3v) is 4.12. The fourth-order valence-corrected chi connectivity index (χ4v) is 2.55. The fourth-order valence-electron chi connectivity index (χ4n) is 2.55. The average Bonchev–Trinajstić information content (AvgIpc) is 2.43. The molecule has 1 fully saturated rings. The largest absolute Gasteiger partial charge is 0.381 e. The Labute approximate surface area is 126 Å². The molecular formula is C14H26N6O. The Morgan fingerprint density at radius 3 is 2.43 bits per heavy atom. The van der Waals surface area contributed by atoms with E-state index in [-0.39, 0.29) is 11.5 Å². The molecule has 1 heterocycles. The average molecular weight is 294 g/mol. The van der Waals surface area contributed by atoms with Crippen molar-refractivity contribution in [2.75, 3.05) is 43.3 Å². The van der Waals surface area contributed by atoms with Crippen LogP contribution >= 0.6 is 0 Å². The third kappa shape index (κ3) is 3.18. The molecule has 1 aromatic rings. The number of ether oxygens (including phenoxy) is 1. The first-order chi connectivity index (χ1) is 9.88. The summed E-state index contributed by atoms with van der Waals surface area (Å²) in [5, 5.41) is 6.56. The van der Waals surface area contributed by atoms with Gasteiger partial charge in [-0.25, -0.2) is 0 Å². The number of nitrogens with zero attached hydrogens (tertiary/aromatic N) is 4. The molecule has 0 bridgehead atoms. The normalized spacial score (nSPS) is 23.3. The van der Waals surface area contributed by atoms with Crippen molar-refractivity contribution < 1.29 is 4.74 Å². The quantitative estimate of drug-likeness (QED) is 0.825. The number of rotatable bonds is 6. The summed E-state index contributed by atoms with van der Waals surface area (Å²) in [4.78, 5) is 15.1. The molecule has 1 aliphatic rings. The van der Waals surface area contributed by atoms with Crippen LogP contribution in [-0.2, 0) is 4.74 Å². The SMILES string of the molecule is CCNc1nc(NC2CC(OC)C2(C)C)nc(N(C)C)n1. The zero-order valence-corrected chi connectivity index (χ0v) is 13.8. The van der Waals surface area contributed by atoms with Crippen LogP contribution in [0.4, 0.5) is 17.8 Å². The molecule has 0 radical (unpaired) electrons. The Morgan fingerprint density at radius 2 is 1.90 bits per heavy atom. The molecule has 1 aromatic heterocycles. The lowest BCUT2D eigenvalue weighted by Gasteiger charge is -2.51. The predicted octanol–water partition coefficient (Wildman–Crippen LogP) is 1.59. The van der Waals surface area contributed by atoms with Gasteiger partial charge in [0.15, 0.2) is 0 Å². The first kappa shape index (κ1) is 15.8. The lowest BCUT2D eigenvalue weighted by atomic mass is 9.64. The van der Waals surface area contributed by atoms with Crippen LogP contribution in [0, 0.1) is 5.41 Å². The number of nitrogens with one attached hydrogen (secondary N) is 2. The maximum atomic E-state index is 5.48. The topological polar surface area (TPSA) is 75.2 Å². The van der Waals surface area contributed by atoms with E-state index in [1.807, 2.05) is 25.9 Å². The first-order valence-corrected chi connectivity index (χ1v) is 7.35. The van der Waals surface area contributed by atoms with E-state index in [0.717, 1.165) is 13.0 Å². The highest BCUT2D eigenvalue weighted by atomic mass is 16.5. The molecule has 2 rings (SSSR count). The maximum Gasteiger partial charge on any atom is 0.231 e. The minimum Gasteiger partial charge on any atom is -0.381 e. The van der Waals surface area contributed by atoms with Crippen LogP contribution in [0.3, 0.4) is 0 Å². The van der Waals surface area contributed by atoms with Crippen LogP contribution in [0.1, 0.15) is 27.2 Å². The van der Waals surface area contributed by atoms with Crippen molar-refractivity contribution in [1.29, 1.82) is 0 Å². The summed E-state index contributed by atoms with van der Waals surface area (Å²) in [5.41, 5.74) is 0.0675. The van der Waals surface area contributed by atoms with Gasteiger partial charge >= 0.3 is 0 Å². The van der Waals surface area contributed by atoms with E-state index in [1.165, 1.54) is 0 Å². The van der Waals surface area contributed by atoms with E-state index in [9.17, 15) is 0 Å². The van der Waals surface area contributed by atoms with Crippen molar-refractivity contribution in [1.82, 2.24) is 15.0 Å². The van der Waals surface area contributed by atoms with E-state index in [1.54, 1.807) is 7.11 Å². The molecule has 0 spiro atoms. The highest BCUT2D eigenvalue weighted by molar-refractivity contribution is 5.44. The molecule has 7 heteroatoms. The summed E-state index contributed by atoms with van der Waals surface area (Å²) in [7, 11) is 5.60. The number of aromatic nitrogens is 3. The van der Waals surface area contributed by atoms with Gasteiger partial charge in [-0.3, -0.25) is 0 Å². The Kier molecular flexibility index (Phi) is 4.51. The van der Waals surface area contributed by atoms with Crippen LogP contribution in [-0.4, -0.2) is 54.8 Å². The predicted molar refractivity (Wildman–Crippen MR) is 84.9 cm³/mol. The van der Waals surface area contributed by atoms with Crippen LogP contribution in [0.25, 0.3) is 0 Å². The Morgan fingerprint density at radius 1 is 1.24 bits per heavy atom. The van der Waals surface area contributed by atoms with Crippen molar-refractivity contribution in [2.45, 2.75) is 39.3 Å². The van der Waals surface area contributed by atoms with Crippen molar-refractivity contribution in [3.05, 3.63) is 0 Å². The Bertz CT molecular complexity index is 490. The lowest BCUT2D eigenvalue weighted by Crippen LogP contribution is -2.57. The van der Waals surface area contributed by atoms with E-state index in [2.05, 4.69) is 39.4 Å². The van der Waals surface area contributed by atoms with Crippen molar-refractivity contribution in [2.24, 2.45) is 5.41 Å². The summed E-state index contributed by atoms with van der Waals surface area (Å²) < 4.78 is 5.48. The standard InChI is InChI=1S/C14H26N6O/c1-7-15-11-17-12(19-13(18-11)20(4)5)16-9-8-10(21-6)14(9,2)3/h9-10H,7-8H2,1-6H3,(H2,15,16,17,18,19). The smallest absolute Gasteiger partial charge is 0.231 e. The van der Waals surface area contributed by atoms with Crippen molar-refractivity contribution in [3.63, 3.8) is 0 Å².